The van der Waals surface area contributed by atoms with Gasteiger partial charge in [-0.1, -0.05) is 68.4 Å². The average Bonchev–Trinajstić information content (AvgIpc) is 3.54. The monoisotopic (exact) mass is 657 g/mol. The minimum absolute atomic E-state index is 0.0112. The number of imidazole rings is 1. The third-order valence-corrected chi connectivity index (χ3v) is 8.25. The molecule has 13 heteroatoms. The Kier molecular flexibility index (Phi) is 10.5. The van der Waals surface area contributed by atoms with Gasteiger partial charge in [0.1, 0.15) is 23.7 Å². The Morgan fingerprint density at radius 2 is 1.44 bits per heavy atom. The van der Waals surface area contributed by atoms with Crippen LogP contribution in [0.1, 0.15) is 36.8 Å². The number of carbonyl (C=O) groups excluding carboxylic acids is 1. The summed E-state index contributed by atoms with van der Waals surface area (Å²) in [6.45, 7) is 2.22. The minimum Gasteiger partial charge on any atom is -0.497 e. The molecular formula is C35H39N5O8. The van der Waals surface area contributed by atoms with E-state index in [0.717, 1.165) is 0 Å². The molecule has 48 heavy (non-hydrogen) atoms. The molecule has 0 radical (unpaired) electrons. The van der Waals surface area contributed by atoms with Crippen molar-refractivity contribution >= 4 is 23.0 Å². The van der Waals surface area contributed by atoms with Gasteiger partial charge in [-0.2, -0.15) is 4.98 Å². The fourth-order valence-corrected chi connectivity index (χ4v) is 5.70. The lowest BCUT2D eigenvalue weighted by Crippen LogP contribution is -2.49. The molecule has 1 unspecified atom stereocenters. The van der Waals surface area contributed by atoms with Crippen LogP contribution >= 0.6 is 0 Å². The van der Waals surface area contributed by atoms with Crippen molar-refractivity contribution in [1.82, 2.24) is 19.5 Å². The SMILES string of the molecule is COc1ccc(C(c2ccccc2)(c2ccc(OC)cc2)C(O)[C@@H](OC(CO)CO)n2cnc3c(=O)[nH]c(NC(=O)C(C)C)nc32)cc1. The van der Waals surface area contributed by atoms with Crippen molar-refractivity contribution in [3.8, 4) is 11.5 Å². The maximum absolute atomic E-state index is 13.1. The van der Waals surface area contributed by atoms with Crippen molar-refractivity contribution in [3.05, 3.63) is 112 Å². The van der Waals surface area contributed by atoms with Crippen molar-refractivity contribution < 1.29 is 34.3 Å². The van der Waals surface area contributed by atoms with Crippen molar-refractivity contribution in [2.75, 3.05) is 32.8 Å². The van der Waals surface area contributed by atoms with E-state index in [1.165, 1.54) is 10.9 Å². The summed E-state index contributed by atoms with van der Waals surface area (Å²) in [4.78, 5) is 36.9. The van der Waals surface area contributed by atoms with E-state index in [4.69, 9.17) is 14.2 Å². The van der Waals surface area contributed by atoms with Gasteiger partial charge in [-0.3, -0.25) is 24.5 Å². The molecule has 1 amide bonds. The maximum atomic E-state index is 13.1. The van der Waals surface area contributed by atoms with E-state index in [0.29, 0.717) is 28.2 Å². The quantitative estimate of drug-likeness (QED) is 0.111. The van der Waals surface area contributed by atoms with Gasteiger partial charge in [0.25, 0.3) is 5.56 Å². The Labute approximate surface area is 276 Å². The predicted octanol–water partition coefficient (Wildman–Crippen LogP) is 3.00. The normalized spacial score (nSPS) is 13.1. The number of rotatable bonds is 14. The molecule has 13 nitrogen and oxygen atoms in total. The second-order valence-corrected chi connectivity index (χ2v) is 11.5. The van der Waals surface area contributed by atoms with Crippen LogP contribution in [0.3, 0.4) is 0 Å². The van der Waals surface area contributed by atoms with E-state index in [-0.39, 0.29) is 23.0 Å². The van der Waals surface area contributed by atoms with E-state index in [1.807, 2.05) is 54.6 Å². The van der Waals surface area contributed by atoms with Crippen molar-refractivity contribution in [3.63, 3.8) is 0 Å². The van der Waals surface area contributed by atoms with Crippen LogP contribution in [0.2, 0.25) is 0 Å². The topological polar surface area (TPSA) is 181 Å². The Balaban J connectivity index is 1.82. The van der Waals surface area contributed by atoms with E-state index in [1.54, 1.807) is 52.3 Å². The molecule has 0 aliphatic carbocycles. The largest absolute Gasteiger partial charge is 0.497 e. The van der Waals surface area contributed by atoms with Crippen LogP contribution in [0.4, 0.5) is 5.95 Å². The maximum Gasteiger partial charge on any atom is 0.280 e. The standard InChI is InChI=1S/C35H39N5O8/c1-21(2)31(44)38-34-37-30-28(32(45)39-34)36-20-40(30)33(48-27(18-41)19-42)29(43)35(22-8-6-5-7-9-22,23-10-14-25(46-3)15-11-23)24-12-16-26(47-4)17-13-24/h5-17,20-21,27,29,33,41-43H,18-19H2,1-4H3,(H2,37,38,39,44,45)/t29?,33-/m1/s1. The number of aromatic amines is 1. The van der Waals surface area contributed by atoms with Gasteiger partial charge in [-0.05, 0) is 41.0 Å². The number of nitrogens with zero attached hydrogens (tertiary/aromatic N) is 3. The highest BCUT2D eigenvalue weighted by atomic mass is 16.5. The van der Waals surface area contributed by atoms with Crippen molar-refractivity contribution in [1.29, 1.82) is 0 Å². The summed E-state index contributed by atoms with van der Waals surface area (Å²) in [5.41, 5.74) is -0.162. The molecule has 5 N–H and O–H groups in total. The summed E-state index contributed by atoms with van der Waals surface area (Å²) in [5, 5.41) is 35.9. The molecule has 0 aliphatic rings. The lowest BCUT2D eigenvalue weighted by Gasteiger charge is -2.43. The van der Waals surface area contributed by atoms with Gasteiger partial charge in [0.2, 0.25) is 11.9 Å². The van der Waals surface area contributed by atoms with Gasteiger partial charge in [0.15, 0.2) is 17.4 Å². The van der Waals surface area contributed by atoms with Gasteiger partial charge in [0, 0.05) is 5.92 Å². The highest BCUT2D eigenvalue weighted by Crippen LogP contribution is 2.47. The number of anilines is 1. The Hall–Kier alpha value is -5.08. The summed E-state index contributed by atoms with van der Waals surface area (Å²) in [6.07, 6.45) is -2.83. The number of ether oxygens (including phenoxy) is 3. The summed E-state index contributed by atoms with van der Waals surface area (Å²) in [5.74, 6) is 0.293. The van der Waals surface area contributed by atoms with Crippen molar-refractivity contribution in [2.24, 2.45) is 5.92 Å². The molecule has 5 rings (SSSR count). The molecular weight excluding hydrogens is 618 g/mol. The fourth-order valence-electron chi connectivity index (χ4n) is 5.70. The first-order valence-electron chi connectivity index (χ1n) is 15.3. The molecule has 5 aromatic rings. The number of nitrogens with one attached hydrogen (secondary N) is 2. The summed E-state index contributed by atoms with van der Waals surface area (Å²) in [6, 6.07) is 23.8. The van der Waals surface area contributed by atoms with E-state index >= 15 is 0 Å². The predicted molar refractivity (Wildman–Crippen MR) is 178 cm³/mol. The Bertz CT molecular complexity index is 1820. The first kappa shape index (κ1) is 34.3. The van der Waals surface area contributed by atoms with Crippen LogP contribution < -0.4 is 20.3 Å². The number of hydrogen-bond acceptors (Lipinski definition) is 10. The van der Waals surface area contributed by atoms with Gasteiger partial charge < -0.3 is 29.5 Å². The highest BCUT2D eigenvalue weighted by Gasteiger charge is 2.49. The van der Waals surface area contributed by atoms with Gasteiger partial charge in [-0.15, -0.1) is 0 Å². The zero-order valence-electron chi connectivity index (χ0n) is 27.0. The molecule has 2 aromatic heterocycles. The molecule has 0 aliphatic heterocycles. The number of carbonyl (C=O) groups is 1. The summed E-state index contributed by atoms with van der Waals surface area (Å²) >= 11 is 0. The molecule has 2 heterocycles. The zero-order chi connectivity index (χ0) is 34.4. The van der Waals surface area contributed by atoms with Crippen LogP contribution in [-0.2, 0) is 14.9 Å². The number of aliphatic hydroxyl groups excluding tert-OH is 3. The van der Waals surface area contributed by atoms with Gasteiger partial charge >= 0.3 is 0 Å². The lowest BCUT2D eigenvalue weighted by atomic mass is 9.65. The van der Waals surface area contributed by atoms with Crippen LogP contribution in [0, 0.1) is 5.92 Å². The third-order valence-electron chi connectivity index (χ3n) is 8.25. The van der Waals surface area contributed by atoms with E-state index < -0.39 is 48.5 Å². The second kappa shape index (κ2) is 14.8. The second-order valence-electron chi connectivity index (χ2n) is 11.5. The Morgan fingerprint density at radius 1 is 0.896 bits per heavy atom. The number of aliphatic hydroxyl groups is 3. The summed E-state index contributed by atoms with van der Waals surface area (Å²) < 4.78 is 18.6. The van der Waals surface area contributed by atoms with Crippen LogP contribution in [-0.4, -0.2) is 80.4 Å². The lowest BCUT2D eigenvalue weighted by molar-refractivity contribution is -0.150. The molecule has 3 aromatic carbocycles. The first-order valence-corrected chi connectivity index (χ1v) is 15.3. The number of fused-ring (bicyclic) bond motifs is 1. The van der Waals surface area contributed by atoms with E-state index in [9.17, 15) is 24.9 Å². The molecule has 0 spiro atoms. The van der Waals surface area contributed by atoms with Crippen LogP contribution in [0.25, 0.3) is 11.2 Å². The third kappa shape index (κ3) is 6.53. The van der Waals surface area contributed by atoms with Gasteiger partial charge in [0.05, 0.1) is 39.2 Å². The average molecular weight is 658 g/mol. The van der Waals surface area contributed by atoms with Crippen LogP contribution in [0.5, 0.6) is 11.5 Å². The van der Waals surface area contributed by atoms with E-state index in [2.05, 4.69) is 20.3 Å². The number of H-pyrrole nitrogens is 1. The number of aromatic nitrogens is 4. The van der Waals surface area contributed by atoms with Gasteiger partial charge in [-0.25, -0.2) is 4.98 Å². The molecule has 2 atom stereocenters. The number of amides is 1. The smallest absolute Gasteiger partial charge is 0.280 e. The number of benzene rings is 3. The summed E-state index contributed by atoms with van der Waals surface area (Å²) in [7, 11) is 3.12. The molecule has 0 bridgehead atoms. The first-order chi connectivity index (χ1) is 23.2. The van der Waals surface area contributed by atoms with Crippen molar-refractivity contribution in [2.45, 2.75) is 37.7 Å². The number of methoxy groups -OCH3 is 2. The fraction of sp³-hybridized carbons (Fsp3) is 0.314. The molecule has 252 valence electrons. The molecule has 0 fully saturated rings. The molecule has 0 saturated carbocycles. The van der Waals surface area contributed by atoms with Crippen LogP contribution in [0.15, 0.2) is 90.0 Å². The zero-order valence-corrected chi connectivity index (χ0v) is 27.0. The highest BCUT2D eigenvalue weighted by molar-refractivity contribution is 5.91. The molecule has 0 saturated heterocycles. The number of hydrogen-bond donors (Lipinski definition) is 5. The Morgan fingerprint density at radius 3 is 1.94 bits per heavy atom. The minimum atomic E-state index is -1.55.